The van der Waals surface area contributed by atoms with Crippen molar-refractivity contribution in [2.24, 2.45) is 5.92 Å². The van der Waals surface area contributed by atoms with Gasteiger partial charge in [-0.1, -0.05) is 20.8 Å². The van der Waals surface area contributed by atoms with E-state index in [1.807, 2.05) is 18.7 Å². The van der Waals surface area contributed by atoms with Crippen LogP contribution in [0.25, 0.3) is 0 Å². The first-order chi connectivity index (χ1) is 7.15. The molecule has 0 aromatic rings. The van der Waals surface area contributed by atoms with Crippen molar-refractivity contribution >= 4 is 6.09 Å². The van der Waals surface area contributed by atoms with Gasteiger partial charge in [-0.3, -0.25) is 0 Å². The molecule has 88 valence electrons. The molecule has 1 rings (SSSR count). The number of nitrogens with zero attached hydrogens (tertiary/aromatic N) is 1. The van der Waals surface area contributed by atoms with Gasteiger partial charge in [-0.25, -0.2) is 4.79 Å². The van der Waals surface area contributed by atoms with Crippen molar-refractivity contribution in [2.75, 3.05) is 26.2 Å². The van der Waals surface area contributed by atoms with E-state index in [0.717, 1.165) is 26.1 Å². The molecule has 4 heteroatoms. The van der Waals surface area contributed by atoms with E-state index in [2.05, 4.69) is 12.2 Å². The summed E-state index contributed by atoms with van der Waals surface area (Å²) in [5, 5.41) is 3.29. The highest BCUT2D eigenvalue weighted by Gasteiger charge is 2.26. The lowest BCUT2D eigenvalue weighted by molar-refractivity contribution is 0.0685. The zero-order valence-electron chi connectivity index (χ0n) is 9.95. The molecule has 0 saturated carbocycles. The van der Waals surface area contributed by atoms with Crippen molar-refractivity contribution in [1.29, 1.82) is 0 Å². The van der Waals surface area contributed by atoms with Crippen molar-refractivity contribution in [1.82, 2.24) is 10.2 Å². The van der Waals surface area contributed by atoms with E-state index < -0.39 is 0 Å². The molecule has 0 aromatic carbocycles. The standard InChI is InChI=1S/C11H22N2O2/c1-4-10-7-12-5-6-13(10)11(14)15-8-9(2)3/h9-10,12H,4-8H2,1-3H3. The number of ether oxygens (including phenoxy) is 1. The average molecular weight is 214 g/mol. The second-order valence-electron chi connectivity index (χ2n) is 4.43. The number of carbonyl (C=O) groups excluding carboxylic acids is 1. The number of hydrogen-bond acceptors (Lipinski definition) is 3. The monoisotopic (exact) mass is 214 g/mol. The summed E-state index contributed by atoms with van der Waals surface area (Å²) >= 11 is 0. The van der Waals surface area contributed by atoms with Gasteiger partial charge in [0.15, 0.2) is 0 Å². The Labute approximate surface area is 92.0 Å². The second-order valence-corrected chi connectivity index (χ2v) is 4.43. The minimum atomic E-state index is -0.156. The van der Waals surface area contributed by atoms with Crippen LogP contribution in [0.5, 0.6) is 0 Å². The maximum atomic E-state index is 11.7. The second kappa shape index (κ2) is 5.95. The molecule has 1 saturated heterocycles. The van der Waals surface area contributed by atoms with Crippen LogP contribution in [0.3, 0.4) is 0 Å². The highest BCUT2D eigenvalue weighted by Crippen LogP contribution is 2.09. The van der Waals surface area contributed by atoms with Crippen LogP contribution in [0.4, 0.5) is 4.79 Å². The lowest BCUT2D eigenvalue weighted by Crippen LogP contribution is -2.53. The maximum absolute atomic E-state index is 11.7. The van der Waals surface area contributed by atoms with Gasteiger partial charge in [-0.2, -0.15) is 0 Å². The predicted molar refractivity (Wildman–Crippen MR) is 59.8 cm³/mol. The minimum absolute atomic E-state index is 0.156. The molecule has 0 radical (unpaired) electrons. The van der Waals surface area contributed by atoms with Gasteiger partial charge in [0.1, 0.15) is 0 Å². The zero-order chi connectivity index (χ0) is 11.3. The van der Waals surface area contributed by atoms with Crippen LogP contribution in [0.15, 0.2) is 0 Å². The van der Waals surface area contributed by atoms with Gasteiger partial charge in [0, 0.05) is 25.7 Å². The normalized spacial score (nSPS) is 21.9. The maximum Gasteiger partial charge on any atom is 0.410 e. The minimum Gasteiger partial charge on any atom is -0.449 e. The van der Waals surface area contributed by atoms with Gasteiger partial charge >= 0.3 is 6.09 Å². The van der Waals surface area contributed by atoms with E-state index in [1.165, 1.54) is 0 Å². The predicted octanol–water partition coefficient (Wildman–Crippen LogP) is 1.46. The average Bonchev–Trinajstić information content (AvgIpc) is 2.25. The molecule has 0 aromatic heterocycles. The third kappa shape index (κ3) is 3.70. The Morgan fingerprint density at radius 1 is 1.60 bits per heavy atom. The Bertz CT molecular complexity index is 207. The van der Waals surface area contributed by atoms with Crippen LogP contribution < -0.4 is 5.32 Å². The highest BCUT2D eigenvalue weighted by molar-refractivity contribution is 5.68. The molecule has 1 fully saturated rings. The van der Waals surface area contributed by atoms with Gasteiger partial charge in [0.2, 0.25) is 0 Å². The summed E-state index contributed by atoms with van der Waals surface area (Å²) in [7, 11) is 0. The highest BCUT2D eigenvalue weighted by atomic mass is 16.6. The molecule has 1 atom stereocenters. The first-order valence-corrected chi connectivity index (χ1v) is 5.79. The molecule has 1 aliphatic rings. The summed E-state index contributed by atoms with van der Waals surface area (Å²) in [6.07, 6.45) is 0.820. The zero-order valence-corrected chi connectivity index (χ0v) is 9.95. The number of hydrogen-bond donors (Lipinski definition) is 1. The Morgan fingerprint density at radius 2 is 2.33 bits per heavy atom. The molecule has 0 spiro atoms. The number of rotatable bonds is 3. The van der Waals surface area contributed by atoms with E-state index in [4.69, 9.17) is 4.74 Å². The fraction of sp³-hybridized carbons (Fsp3) is 0.909. The first-order valence-electron chi connectivity index (χ1n) is 5.79. The Hall–Kier alpha value is -0.770. The first kappa shape index (κ1) is 12.3. The van der Waals surface area contributed by atoms with Crippen molar-refractivity contribution < 1.29 is 9.53 Å². The third-order valence-electron chi connectivity index (χ3n) is 2.60. The van der Waals surface area contributed by atoms with Crippen LogP contribution in [0, 0.1) is 5.92 Å². The molecule has 1 aliphatic heterocycles. The Kier molecular flexibility index (Phi) is 4.88. The largest absolute Gasteiger partial charge is 0.449 e. The molecule has 0 aliphatic carbocycles. The van der Waals surface area contributed by atoms with Crippen LogP contribution in [0.2, 0.25) is 0 Å². The fourth-order valence-electron chi connectivity index (χ4n) is 1.69. The third-order valence-corrected chi connectivity index (χ3v) is 2.60. The summed E-state index contributed by atoms with van der Waals surface area (Å²) in [5.74, 6) is 0.400. The van der Waals surface area contributed by atoms with Crippen molar-refractivity contribution in [2.45, 2.75) is 33.2 Å². The number of amides is 1. The molecule has 1 heterocycles. The lowest BCUT2D eigenvalue weighted by Gasteiger charge is -2.34. The molecule has 1 unspecified atom stereocenters. The molecular formula is C11H22N2O2. The topological polar surface area (TPSA) is 41.6 Å². The van der Waals surface area contributed by atoms with Gasteiger partial charge in [0.25, 0.3) is 0 Å². The number of carbonyl (C=O) groups is 1. The summed E-state index contributed by atoms with van der Waals surface area (Å²) in [4.78, 5) is 13.6. The van der Waals surface area contributed by atoms with Gasteiger partial charge in [-0.05, 0) is 12.3 Å². The summed E-state index contributed by atoms with van der Waals surface area (Å²) in [6, 6.07) is 0.290. The molecule has 15 heavy (non-hydrogen) atoms. The van der Waals surface area contributed by atoms with Crippen molar-refractivity contribution in [3.8, 4) is 0 Å². The van der Waals surface area contributed by atoms with Gasteiger partial charge in [0.05, 0.1) is 6.61 Å². The molecule has 4 nitrogen and oxygen atoms in total. The van der Waals surface area contributed by atoms with Crippen LogP contribution in [-0.4, -0.2) is 43.3 Å². The van der Waals surface area contributed by atoms with Gasteiger partial charge in [-0.15, -0.1) is 0 Å². The lowest BCUT2D eigenvalue weighted by atomic mass is 10.1. The van der Waals surface area contributed by atoms with Crippen LogP contribution in [-0.2, 0) is 4.74 Å². The van der Waals surface area contributed by atoms with Gasteiger partial charge < -0.3 is 15.0 Å². The van der Waals surface area contributed by atoms with E-state index in [1.54, 1.807) is 0 Å². The Morgan fingerprint density at radius 3 is 2.93 bits per heavy atom. The molecule has 1 N–H and O–H groups in total. The number of piperazine rings is 1. The molecule has 1 amide bonds. The van der Waals surface area contributed by atoms with E-state index in [0.29, 0.717) is 18.6 Å². The van der Waals surface area contributed by atoms with E-state index in [-0.39, 0.29) is 6.09 Å². The van der Waals surface area contributed by atoms with Crippen LogP contribution in [0.1, 0.15) is 27.2 Å². The van der Waals surface area contributed by atoms with E-state index >= 15 is 0 Å². The fourth-order valence-corrected chi connectivity index (χ4v) is 1.69. The summed E-state index contributed by atoms with van der Waals surface area (Å²) < 4.78 is 5.23. The van der Waals surface area contributed by atoms with Crippen molar-refractivity contribution in [3.05, 3.63) is 0 Å². The molecule has 0 bridgehead atoms. The molecular weight excluding hydrogens is 192 g/mol. The quantitative estimate of drug-likeness (QED) is 0.773. The number of nitrogens with one attached hydrogen (secondary N) is 1. The summed E-state index contributed by atoms with van der Waals surface area (Å²) in [5.41, 5.74) is 0. The van der Waals surface area contributed by atoms with Crippen molar-refractivity contribution in [3.63, 3.8) is 0 Å². The Balaban J connectivity index is 2.41. The smallest absolute Gasteiger partial charge is 0.410 e. The van der Waals surface area contributed by atoms with E-state index in [9.17, 15) is 4.79 Å². The summed E-state index contributed by atoms with van der Waals surface area (Å²) in [6.45, 7) is 9.21. The SMILES string of the molecule is CCC1CNCCN1C(=O)OCC(C)C. The van der Waals surface area contributed by atoms with Crippen LogP contribution >= 0.6 is 0 Å².